The highest BCUT2D eigenvalue weighted by Crippen LogP contribution is 2.72. The van der Waals surface area contributed by atoms with Crippen LogP contribution < -0.4 is 0 Å². The number of hydrogen-bond donors (Lipinski definition) is 3. The summed E-state index contributed by atoms with van der Waals surface area (Å²) in [6.45, 7) is 8.22. The van der Waals surface area contributed by atoms with Gasteiger partial charge in [-0.3, -0.25) is 4.79 Å². The number of carboxylic acid groups (broad SMARTS) is 1. The van der Waals surface area contributed by atoms with Gasteiger partial charge in [0.1, 0.15) is 0 Å². The molecule has 0 aromatic carbocycles. The molecule has 4 heteroatoms. The van der Waals surface area contributed by atoms with Crippen LogP contribution >= 0.6 is 0 Å². The lowest BCUT2D eigenvalue weighted by Gasteiger charge is -2.64. The molecule has 0 radical (unpaired) electrons. The lowest BCUT2D eigenvalue weighted by Crippen LogP contribution is -2.60. The highest BCUT2D eigenvalue weighted by molar-refractivity contribution is 5.75. The van der Waals surface area contributed by atoms with Gasteiger partial charge in [0, 0.05) is 5.41 Å². The second kappa shape index (κ2) is 4.64. The molecular formula is C20H30O4. The molecule has 3 N–H and O–H groups in total. The minimum absolute atomic E-state index is 0.0728. The van der Waals surface area contributed by atoms with Gasteiger partial charge in [0.15, 0.2) is 0 Å². The molecular weight excluding hydrogens is 304 g/mol. The van der Waals surface area contributed by atoms with Crippen molar-refractivity contribution in [2.45, 2.75) is 76.9 Å². The number of fused-ring (bicyclic) bond motifs is 3. The van der Waals surface area contributed by atoms with E-state index in [1.54, 1.807) is 0 Å². The summed E-state index contributed by atoms with van der Waals surface area (Å²) in [6, 6.07) is 0. The van der Waals surface area contributed by atoms with E-state index in [4.69, 9.17) is 0 Å². The lowest BCUT2D eigenvalue weighted by molar-refractivity contribution is -0.195. The van der Waals surface area contributed by atoms with Crippen molar-refractivity contribution in [3.8, 4) is 0 Å². The summed E-state index contributed by atoms with van der Waals surface area (Å²) in [5, 5.41) is 31.8. The Kier molecular flexibility index (Phi) is 3.21. The van der Waals surface area contributed by atoms with Crippen molar-refractivity contribution >= 4 is 5.97 Å². The van der Waals surface area contributed by atoms with Gasteiger partial charge < -0.3 is 15.3 Å². The van der Waals surface area contributed by atoms with E-state index in [2.05, 4.69) is 13.5 Å². The number of carboxylic acids is 1. The zero-order chi connectivity index (χ0) is 17.5. The van der Waals surface area contributed by atoms with Gasteiger partial charge in [0.25, 0.3) is 0 Å². The molecule has 4 fully saturated rings. The fraction of sp³-hybridized carbons (Fsp3) is 0.850. The molecule has 4 aliphatic carbocycles. The Labute approximate surface area is 144 Å². The SMILES string of the molecule is C=C1[C@@H](O)[C@@]23CC[C@H]4[C@@](C)(CCC[C@@]4(C)C(=O)O)[C@@H]2CC[C@]1(O)C3. The minimum Gasteiger partial charge on any atom is -0.481 e. The predicted molar refractivity (Wildman–Crippen MR) is 90.3 cm³/mol. The third-order valence-corrected chi connectivity index (χ3v) is 8.79. The molecule has 0 aromatic rings. The first-order valence-electron chi connectivity index (χ1n) is 9.43. The van der Waals surface area contributed by atoms with Crippen LogP contribution in [-0.4, -0.2) is 33.0 Å². The van der Waals surface area contributed by atoms with Crippen molar-refractivity contribution in [1.82, 2.24) is 0 Å². The summed E-state index contributed by atoms with van der Waals surface area (Å²) in [4.78, 5) is 12.1. The van der Waals surface area contributed by atoms with E-state index in [0.29, 0.717) is 18.4 Å². The zero-order valence-electron chi connectivity index (χ0n) is 14.8. The molecule has 4 nitrogen and oxygen atoms in total. The summed E-state index contributed by atoms with van der Waals surface area (Å²) in [6.07, 6.45) is 5.84. The molecule has 4 aliphatic rings. The second-order valence-electron chi connectivity index (χ2n) is 9.63. The van der Waals surface area contributed by atoms with Crippen LogP contribution in [0.1, 0.15) is 65.2 Å². The molecule has 1 spiro atoms. The summed E-state index contributed by atoms with van der Waals surface area (Å²) in [7, 11) is 0. The van der Waals surface area contributed by atoms with E-state index in [1.165, 1.54) is 0 Å². The van der Waals surface area contributed by atoms with Crippen molar-refractivity contribution in [3.05, 3.63) is 12.2 Å². The fourth-order valence-electron chi connectivity index (χ4n) is 7.62. The summed E-state index contributed by atoms with van der Waals surface area (Å²) < 4.78 is 0. The van der Waals surface area contributed by atoms with Crippen LogP contribution in [-0.2, 0) is 4.79 Å². The third-order valence-electron chi connectivity index (χ3n) is 8.79. The van der Waals surface area contributed by atoms with E-state index in [-0.39, 0.29) is 22.7 Å². The van der Waals surface area contributed by atoms with Crippen LogP contribution in [0, 0.1) is 28.1 Å². The van der Waals surface area contributed by atoms with Crippen LogP contribution in [0.3, 0.4) is 0 Å². The molecule has 0 amide bonds. The number of aliphatic hydroxyl groups is 2. The van der Waals surface area contributed by atoms with Crippen molar-refractivity contribution in [2.75, 3.05) is 0 Å². The van der Waals surface area contributed by atoms with E-state index in [9.17, 15) is 20.1 Å². The standard InChI is InChI=1S/C20H30O4/c1-12-15(21)19-9-5-13-17(2,7-4-8-18(13,3)16(22)23)14(19)6-10-20(12,24)11-19/h13-15,21,24H,1,4-11H2,2-3H3,(H,22,23)/t13-,14-,15+,17+,18+,19+,20-/m0/s1. The molecule has 4 saturated carbocycles. The van der Waals surface area contributed by atoms with Crippen LogP contribution in [0.4, 0.5) is 0 Å². The summed E-state index contributed by atoms with van der Waals surface area (Å²) in [5.41, 5.74) is -1.35. The summed E-state index contributed by atoms with van der Waals surface area (Å²) in [5.74, 6) is -0.241. The molecule has 0 saturated heterocycles. The highest BCUT2D eigenvalue weighted by atomic mass is 16.4. The first-order chi connectivity index (χ1) is 11.1. The zero-order valence-corrected chi connectivity index (χ0v) is 14.8. The molecule has 0 aromatic heterocycles. The van der Waals surface area contributed by atoms with E-state index < -0.39 is 23.1 Å². The number of aliphatic hydroxyl groups excluding tert-OH is 1. The normalized spacial score (nSPS) is 56.5. The van der Waals surface area contributed by atoms with Gasteiger partial charge in [-0.1, -0.05) is 19.9 Å². The molecule has 2 bridgehead atoms. The largest absolute Gasteiger partial charge is 0.481 e. The molecule has 24 heavy (non-hydrogen) atoms. The smallest absolute Gasteiger partial charge is 0.309 e. The average molecular weight is 334 g/mol. The Morgan fingerprint density at radius 3 is 2.46 bits per heavy atom. The maximum Gasteiger partial charge on any atom is 0.309 e. The van der Waals surface area contributed by atoms with E-state index in [1.807, 2.05) is 6.92 Å². The van der Waals surface area contributed by atoms with Gasteiger partial charge >= 0.3 is 5.97 Å². The summed E-state index contributed by atoms with van der Waals surface area (Å²) >= 11 is 0. The Morgan fingerprint density at radius 1 is 1.12 bits per heavy atom. The van der Waals surface area contributed by atoms with Crippen molar-refractivity contribution in [3.63, 3.8) is 0 Å². The van der Waals surface area contributed by atoms with Gasteiger partial charge in [-0.25, -0.2) is 0 Å². The molecule has 0 heterocycles. The van der Waals surface area contributed by atoms with Gasteiger partial charge in [-0.2, -0.15) is 0 Å². The topological polar surface area (TPSA) is 77.8 Å². The van der Waals surface area contributed by atoms with Crippen molar-refractivity contribution in [2.24, 2.45) is 28.1 Å². The Hall–Kier alpha value is -0.870. The van der Waals surface area contributed by atoms with E-state index in [0.717, 1.165) is 38.5 Å². The highest BCUT2D eigenvalue weighted by Gasteiger charge is 2.70. The molecule has 0 unspecified atom stereocenters. The quantitative estimate of drug-likeness (QED) is 0.644. The maximum absolute atomic E-state index is 12.1. The number of hydrogen-bond acceptors (Lipinski definition) is 3. The number of rotatable bonds is 1. The van der Waals surface area contributed by atoms with Crippen LogP contribution in [0.15, 0.2) is 12.2 Å². The predicted octanol–water partition coefficient (Wildman–Crippen LogP) is 3.13. The van der Waals surface area contributed by atoms with Crippen LogP contribution in [0.5, 0.6) is 0 Å². The van der Waals surface area contributed by atoms with Crippen LogP contribution in [0.25, 0.3) is 0 Å². The maximum atomic E-state index is 12.1. The van der Waals surface area contributed by atoms with Crippen molar-refractivity contribution in [1.29, 1.82) is 0 Å². The first kappa shape index (κ1) is 16.6. The second-order valence-corrected chi connectivity index (χ2v) is 9.63. The van der Waals surface area contributed by atoms with Gasteiger partial charge in [0.05, 0.1) is 17.1 Å². The molecule has 4 rings (SSSR count). The number of carbonyl (C=O) groups is 1. The van der Waals surface area contributed by atoms with Crippen LogP contribution in [0.2, 0.25) is 0 Å². The molecule has 134 valence electrons. The van der Waals surface area contributed by atoms with Crippen molar-refractivity contribution < 1.29 is 20.1 Å². The Balaban J connectivity index is 1.79. The Morgan fingerprint density at radius 2 is 1.79 bits per heavy atom. The minimum atomic E-state index is -0.913. The lowest BCUT2D eigenvalue weighted by atomic mass is 9.40. The first-order valence-corrected chi connectivity index (χ1v) is 9.43. The number of aliphatic carboxylic acids is 1. The third kappa shape index (κ3) is 1.69. The molecule has 0 aliphatic heterocycles. The van der Waals surface area contributed by atoms with E-state index >= 15 is 0 Å². The van der Waals surface area contributed by atoms with Gasteiger partial charge in [0.2, 0.25) is 0 Å². The van der Waals surface area contributed by atoms with Gasteiger partial charge in [-0.05, 0) is 74.7 Å². The Bertz CT molecular complexity index is 615. The fourth-order valence-corrected chi connectivity index (χ4v) is 7.62. The molecule has 7 atom stereocenters. The van der Waals surface area contributed by atoms with Gasteiger partial charge in [-0.15, -0.1) is 0 Å². The monoisotopic (exact) mass is 334 g/mol. The average Bonchev–Trinajstić information content (AvgIpc) is 2.64.